The van der Waals surface area contributed by atoms with Crippen LogP contribution in [0.15, 0.2) is 88.9 Å². The van der Waals surface area contributed by atoms with Gasteiger partial charge in [-0.15, -0.1) is 0 Å². The van der Waals surface area contributed by atoms with Crippen molar-refractivity contribution in [3.05, 3.63) is 106 Å². The largest absolute Gasteiger partial charge is 0.462 e. The number of ether oxygens (including phenoxy) is 1. The van der Waals surface area contributed by atoms with Crippen LogP contribution >= 0.6 is 11.8 Å². The van der Waals surface area contributed by atoms with Gasteiger partial charge in [-0.25, -0.2) is 14.2 Å². The Morgan fingerprint density at radius 1 is 1.08 bits per heavy atom. The van der Waals surface area contributed by atoms with Crippen molar-refractivity contribution in [3.63, 3.8) is 0 Å². The third-order valence-electron chi connectivity index (χ3n) is 5.96. The monoisotopic (exact) mass is 513 g/mol. The SMILES string of the molecule is CCOC(=O)c1cccc(N=C2SC(=Cc3cn(Cc4ccc(F)cc4)c4ccccc34)C(=O)N2C)c1. The van der Waals surface area contributed by atoms with Crippen LogP contribution in [0.25, 0.3) is 17.0 Å². The molecule has 186 valence electrons. The van der Waals surface area contributed by atoms with Crippen LogP contribution in [0.2, 0.25) is 0 Å². The zero-order valence-corrected chi connectivity index (χ0v) is 21.2. The fourth-order valence-corrected chi connectivity index (χ4v) is 5.11. The second-order valence-electron chi connectivity index (χ2n) is 8.50. The number of amidine groups is 1. The predicted molar refractivity (Wildman–Crippen MR) is 145 cm³/mol. The van der Waals surface area contributed by atoms with Gasteiger partial charge in [0.1, 0.15) is 5.82 Å². The molecule has 8 heteroatoms. The first kappa shape index (κ1) is 24.5. The number of nitrogens with zero attached hydrogens (tertiary/aromatic N) is 3. The summed E-state index contributed by atoms with van der Waals surface area (Å²) >= 11 is 1.28. The molecule has 3 aromatic carbocycles. The molecule has 1 aliphatic rings. The van der Waals surface area contributed by atoms with Crippen molar-refractivity contribution in [1.29, 1.82) is 0 Å². The topological polar surface area (TPSA) is 63.9 Å². The summed E-state index contributed by atoms with van der Waals surface area (Å²) in [6, 6.07) is 21.3. The number of thioether (sulfide) groups is 1. The van der Waals surface area contributed by atoms with Crippen LogP contribution in [0.1, 0.15) is 28.4 Å². The maximum Gasteiger partial charge on any atom is 0.338 e. The molecule has 0 bridgehead atoms. The lowest BCUT2D eigenvalue weighted by atomic mass is 10.1. The average molecular weight is 514 g/mol. The van der Waals surface area contributed by atoms with Crippen molar-refractivity contribution < 1.29 is 18.7 Å². The summed E-state index contributed by atoms with van der Waals surface area (Å²) in [6.07, 6.45) is 3.89. The molecule has 0 radical (unpaired) electrons. The maximum atomic E-state index is 13.4. The van der Waals surface area contributed by atoms with Crippen LogP contribution < -0.4 is 0 Å². The number of rotatable bonds is 6. The van der Waals surface area contributed by atoms with E-state index in [1.165, 1.54) is 28.8 Å². The molecule has 2 heterocycles. The molecule has 0 unspecified atom stereocenters. The van der Waals surface area contributed by atoms with Crippen LogP contribution in [0.3, 0.4) is 0 Å². The highest BCUT2D eigenvalue weighted by atomic mass is 32.2. The van der Waals surface area contributed by atoms with E-state index in [0.29, 0.717) is 34.5 Å². The third-order valence-corrected chi connectivity index (χ3v) is 7.02. The van der Waals surface area contributed by atoms with Gasteiger partial charge < -0.3 is 9.30 Å². The highest BCUT2D eigenvalue weighted by molar-refractivity contribution is 8.18. The van der Waals surface area contributed by atoms with Gasteiger partial charge in [0.2, 0.25) is 0 Å². The van der Waals surface area contributed by atoms with Gasteiger partial charge in [-0.05, 0) is 66.7 Å². The van der Waals surface area contributed by atoms with Gasteiger partial charge in [0.15, 0.2) is 5.17 Å². The van der Waals surface area contributed by atoms with Crippen molar-refractivity contribution in [3.8, 4) is 0 Å². The van der Waals surface area contributed by atoms with E-state index in [-0.39, 0.29) is 11.7 Å². The highest BCUT2D eigenvalue weighted by Crippen LogP contribution is 2.35. The van der Waals surface area contributed by atoms with Crippen LogP contribution in [0.4, 0.5) is 10.1 Å². The number of likely N-dealkylation sites (N-methyl/N-ethyl adjacent to an activating group) is 1. The second-order valence-corrected chi connectivity index (χ2v) is 9.51. The standard InChI is InChI=1S/C29H24FN3O3S/c1-3-36-28(35)20-7-6-8-23(15-20)31-29-32(2)27(34)26(37-29)16-21-18-33(25-10-5-4-9-24(21)25)17-19-11-13-22(30)14-12-19/h4-16,18H,3,17H2,1-2H3. The lowest BCUT2D eigenvalue weighted by Gasteiger charge is -2.07. The number of aliphatic imine (C=N–C) groups is 1. The molecule has 37 heavy (non-hydrogen) atoms. The number of carbonyl (C=O) groups excluding carboxylic acids is 2. The Morgan fingerprint density at radius 2 is 1.86 bits per heavy atom. The molecule has 4 aromatic rings. The first-order valence-corrected chi connectivity index (χ1v) is 12.6. The zero-order valence-electron chi connectivity index (χ0n) is 20.3. The Hall–Kier alpha value is -4.17. The molecule has 0 spiro atoms. The number of hydrogen-bond acceptors (Lipinski definition) is 5. The third kappa shape index (κ3) is 5.20. The summed E-state index contributed by atoms with van der Waals surface area (Å²) in [6.45, 7) is 2.62. The molecular formula is C29H24FN3O3S. The summed E-state index contributed by atoms with van der Waals surface area (Å²) in [5.74, 6) is -0.830. The van der Waals surface area contributed by atoms with E-state index in [1.807, 2.05) is 36.5 Å². The molecule has 0 saturated carbocycles. The summed E-state index contributed by atoms with van der Waals surface area (Å²) in [7, 11) is 1.68. The van der Waals surface area contributed by atoms with E-state index >= 15 is 0 Å². The van der Waals surface area contributed by atoms with Crippen molar-refractivity contribution in [2.75, 3.05) is 13.7 Å². The van der Waals surface area contributed by atoms with E-state index in [2.05, 4.69) is 9.56 Å². The van der Waals surface area contributed by atoms with Crippen LogP contribution in [0, 0.1) is 5.82 Å². The Bertz CT molecular complexity index is 1560. The molecule has 1 aliphatic heterocycles. The molecular weight excluding hydrogens is 489 g/mol. The summed E-state index contributed by atoms with van der Waals surface area (Å²) < 4.78 is 20.5. The number of carbonyl (C=O) groups is 2. The van der Waals surface area contributed by atoms with Crippen LogP contribution in [-0.2, 0) is 16.1 Å². The van der Waals surface area contributed by atoms with Gasteiger partial charge in [0.25, 0.3) is 5.91 Å². The first-order chi connectivity index (χ1) is 17.9. The van der Waals surface area contributed by atoms with Crippen molar-refractivity contribution in [2.24, 2.45) is 4.99 Å². The van der Waals surface area contributed by atoms with Crippen molar-refractivity contribution in [1.82, 2.24) is 9.47 Å². The maximum absolute atomic E-state index is 13.4. The quantitative estimate of drug-likeness (QED) is 0.226. The van der Waals surface area contributed by atoms with Crippen LogP contribution in [-0.4, -0.2) is 40.2 Å². The number of hydrogen-bond donors (Lipinski definition) is 0. The molecule has 0 aliphatic carbocycles. The van der Waals surface area contributed by atoms with E-state index in [1.54, 1.807) is 50.4 Å². The number of amides is 1. The minimum Gasteiger partial charge on any atom is -0.462 e. The van der Waals surface area contributed by atoms with E-state index in [4.69, 9.17) is 4.74 Å². The predicted octanol–water partition coefficient (Wildman–Crippen LogP) is 6.24. The summed E-state index contributed by atoms with van der Waals surface area (Å²) in [5, 5.41) is 1.54. The smallest absolute Gasteiger partial charge is 0.338 e. The van der Waals surface area contributed by atoms with E-state index in [0.717, 1.165) is 22.0 Å². The lowest BCUT2D eigenvalue weighted by molar-refractivity contribution is -0.121. The van der Waals surface area contributed by atoms with Gasteiger partial charge in [-0.2, -0.15) is 0 Å². The Balaban J connectivity index is 1.45. The number of fused-ring (bicyclic) bond motifs is 1. The molecule has 1 saturated heterocycles. The molecule has 1 aromatic heterocycles. The van der Waals surface area contributed by atoms with Crippen molar-refractivity contribution >= 4 is 51.5 Å². The number of halogens is 1. The number of aromatic nitrogens is 1. The average Bonchev–Trinajstić information content (AvgIpc) is 3.38. The van der Waals surface area contributed by atoms with Gasteiger partial charge in [0, 0.05) is 36.3 Å². The Morgan fingerprint density at radius 3 is 2.65 bits per heavy atom. The first-order valence-electron chi connectivity index (χ1n) is 11.8. The van der Waals surface area contributed by atoms with Crippen LogP contribution in [0.5, 0.6) is 0 Å². The van der Waals surface area contributed by atoms with E-state index < -0.39 is 5.97 Å². The van der Waals surface area contributed by atoms with E-state index in [9.17, 15) is 14.0 Å². The van der Waals surface area contributed by atoms with Gasteiger partial charge in [0.05, 0.1) is 22.8 Å². The Labute approximate surface area is 218 Å². The zero-order chi connectivity index (χ0) is 25.9. The fourth-order valence-electron chi connectivity index (χ4n) is 4.13. The molecule has 1 amide bonds. The normalized spacial score (nSPS) is 15.8. The summed E-state index contributed by atoms with van der Waals surface area (Å²) in [4.78, 5) is 31.8. The molecule has 1 fully saturated rings. The summed E-state index contributed by atoms with van der Waals surface area (Å²) in [5.41, 5.74) is 3.88. The van der Waals surface area contributed by atoms with Gasteiger partial charge in [-0.1, -0.05) is 36.4 Å². The Kier molecular flexibility index (Phi) is 6.92. The fraction of sp³-hybridized carbons (Fsp3) is 0.138. The number of para-hydroxylation sites is 1. The number of benzene rings is 3. The number of esters is 1. The highest BCUT2D eigenvalue weighted by Gasteiger charge is 2.30. The molecule has 6 nitrogen and oxygen atoms in total. The second kappa shape index (κ2) is 10.4. The minimum absolute atomic E-state index is 0.152. The van der Waals surface area contributed by atoms with Gasteiger partial charge in [-0.3, -0.25) is 9.69 Å². The lowest BCUT2D eigenvalue weighted by Crippen LogP contribution is -2.23. The molecule has 0 N–H and O–H groups in total. The van der Waals surface area contributed by atoms with Gasteiger partial charge >= 0.3 is 5.97 Å². The minimum atomic E-state index is -0.411. The molecule has 0 atom stereocenters. The molecule has 5 rings (SSSR count). The van der Waals surface area contributed by atoms with Crippen molar-refractivity contribution in [2.45, 2.75) is 13.5 Å².